The van der Waals surface area contributed by atoms with Crippen LogP contribution < -0.4 is 5.32 Å². The molecular formula is C19H22N2O. The summed E-state index contributed by atoms with van der Waals surface area (Å²) in [5, 5.41) is 3.45. The number of ketones is 1. The van der Waals surface area contributed by atoms with Gasteiger partial charge in [-0.3, -0.25) is 9.78 Å². The van der Waals surface area contributed by atoms with Crippen LogP contribution in [-0.4, -0.2) is 23.9 Å². The number of aryl methyl sites for hydroxylation is 1. The molecule has 0 bridgehead atoms. The number of nitrogens with one attached hydrogen (secondary N) is 1. The van der Waals surface area contributed by atoms with Gasteiger partial charge < -0.3 is 5.32 Å². The molecule has 2 heterocycles. The van der Waals surface area contributed by atoms with Crippen molar-refractivity contribution in [2.24, 2.45) is 0 Å². The number of aromatic nitrogens is 1. The highest BCUT2D eigenvalue weighted by atomic mass is 16.1. The van der Waals surface area contributed by atoms with Crippen LogP contribution in [0.5, 0.6) is 0 Å². The zero-order chi connectivity index (χ0) is 15.4. The van der Waals surface area contributed by atoms with E-state index >= 15 is 0 Å². The molecule has 0 amide bonds. The Balaban J connectivity index is 1.65. The average Bonchev–Trinajstić information content (AvgIpc) is 2.57. The molecular weight excluding hydrogens is 272 g/mol. The lowest BCUT2D eigenvalue weighted by Crippen LogP contribution is -2.28. The summed E-state index contributed by atoms with van der Waals surface area (Å²) in [4.78, 5) is 16.5. The molecule has 3 rings (SSSR count). The van der Waals surface area contributed by atoms with Crippen LogP contribution in [0.3, 0.4) is 0 Å². The fourth-order valence-electron chi connectivity index (χ4n) is 2.96. The summed E-state index contributed by atoms with van der Waals surface area (Å²) in [7, 11) is 0. The lowest BCUT2D eigenvalue weighted by molar-refractivity contribution is 0.0992. The van der Waals surface area contributed by atoms with Crippen LogP contribution in [0.15, 0.2) is 42.6 Å². The molecule has 0 radical (unpaired) electrons. The van der Waals surface area contributed by atoms with Gasteiger partial charge in [-0.05, 0) is 55.5 Å². The van der Waals surface area contributed by atoms with E-state index in [9.17, 15) is 4.79 Å². The van der Waals surface area contributed by atoms with E-state index < -0.39 is 0 Å². The van der Waals surface area contributed by atoms with Crippen molar-refractivity contribution >= 4 is 5.78 Å². The number of hydrogen-bond acceptors (Lipinski definition) is 3. The molecule has 1 N–H and O–H groups in total. The van der Waals surface area contributed by atoms with Gasteiger partial charge in [-0.15, -0.1) is 0 Å². The minimum atomic E-state index is 0.125. The molecule has 1 fully saturated rings. The largest absolute Gasteiger partial charge is 0.316 e. The van der Waals surface area contributed by atoms with E-state index in [4.69, 9.17) is 0 Å². The minimum absolute atomic E-state index is 0.125. The first-order valence-electron chi connectivity index (χ1n) is 7.98. The minimum Gasteiger partial charge on any atom is -0.316 e. The SMILES string of the molecule is Cc1ccc(C(=O)Cc2ccc([C@@H]3CCCNC3)cc2)cn1. The van der Waals surface area contributed by atoms with Gasteiger partial charge in [-0.25, -0.2) is 0 Å². The summed E-state index contributed by atoms with van der Waals surface area (Å²) in [5.41, 5.74) is 4.06. The Labute approximate surface area is 131 Å². The zero-order valence-corrected chi connectivity index (χ0v) is 13.0. The smallest absolute Gasteiger partial charge is 0.168 e. The van der Waals surface area contributed by atoms with Crippen LogP contribution in [0, 0.1) is 6.92 Å². The molecule has 0 aliphatic carbocycles. The van der Waals surface area contributed by atoms with Crippen LogP contribution >= 0.6 is 0 Å². The van der Waals surface area contributed by atoms with Crippen molar-refractivity contribution < 1.29 is 4.79 Å². The number of rotatable bonds is 4. The van der Waals surface area contributed by atoms with Crippen molar-refractivity contribution in [1.82, 2.24) is 10.3 Å². The maximum atomic E-state index is 12.3. The third-order valence-corrected chi connectivity index (χ3v) is 4.35. The highest BCUT2D eigenvalue weighted by Crippen LogP contribution is 2.23. The number of nitrogens with zero attached hydrogens (tertiary/aromatic N) is 1. The normalized spacial score (nSPS) is 18.1. The maximum absolute atomic E-state index is 12.3. The van der Waals surface area contributed by atoms with Gasteiger partial charge in [0.1, 0.15) is 0 Å². The summed E-state index contributed by atoms with van der Waals surface area (Å²) in [6.45, 7) is 4.12. The quantitative estimate of drug-likeness (QED) is 0.880. The van der Waals surface area contributed by atoms with Crippen molar-refractivity contribution in [3.05, 3.63) is 65.0 Å². The van der Waals surface area contributed by atoms with E-state index in [1.54, 1.807) is 6.20 Å². The van der Waals surface area contributed by atoms with E-state index in [1.807, 2.05) is 19.1 Å². The van der Waals surface area contributed by atoms with Crippen molar-refractivity contribution in [2.75, 3.05) is 13.1 Å². The number of piperidine rings is 1. The first-order valence-corrected chi connectivity index (χ1v) is 7.98. The summed E-state index contributed by atoms with van der Waals surface area (Å²) in [6.07, 6.45) is 4.60. The Hall–Kier alpha value is -2.00. The first kappa shape index (κ1) is 14.9. The number of benzene rings is 1. The Morgan fingerprint density at radius 2 is 2.05 bits per heavy atom. The summed E-state index contributed by atoms with van der Waals surface area (Å²) in [5.74, 6) is 0.736. The molecule has 1 aromatic heterocycles. The second kappa shape index (κ2) is 6.84. The molecule has 3 nitrogen and oxygen atoms in total. The van der Waals surface area contributed by atoms with Gasteiger partial charge in [0.2, 0.25) is 0 Å². The second-order valence-corrected chi connectivity index (χ2v) is 6.07. The van der Waals surface area contributed by atoms with Crippen molar-refractivity contribution in [1.29, 1.82) is 0 Å². The van der Waals surface area contributed by atoms with E-state index in [1.165, 1.54) is 18.4 Å². The molecule has 1 aromatic carbocycles. The molecule has 0 saturated carbocycles. The van der Waals surface area contributed by atoms with E-state index in [0.717, 1.165) is 24.3 Å². The highest BCUT2D eigenvalue weighted by Gasteiger charge is 2.15. The molecule has 1 aliphatic rings. The van der Waals surface area contributed by atoms with E-state index in [0.29, 0.717) is 17.9 Å². The summed E-state index contributed by atoms with van der Waals surface area (Å²) < 4.78 is 0. The monoisotopic (exact) mass is 294 g/mol. The van der Waals surface area contributed by atoms with Crippen molar-refractivity contribution in [3.8, 4) is 0 Å². The number of carbonyl (C=O) groups excluding carboxylic acids is 1. The van der Waals surface area contributed by atoms with Crippen LogP contribution in [0.1, 0.15) is 45.9 Å². The molecule has 0 unspecified atom stereocenters. The highest BCUT2D eigenvalue weighted by molar-refractivity contribution is 5.97. The average molecular weight is 294 g/mol. The first-order chi connectivity index (χ1) is 10.7. The Morgan fingerprint density at radius 1 is 1.23 bits per heavy atom. The van der Waals surface area contributed by atoms with E-state index in [2.05, 4.69) is 34.6 Å². The van der Waals surface area contributed by atoms with Crippen LogP contribution in [0.25, 0.3) is 0 Å². The van der Waals surface area contributed by atoms with Crippen molar-refractivity contribution in [2.45, 2.75) is 32.1 Å². The molecule has 3 heteroatoms. The predicted molar refractivity (Wildman–Crippen MR) is 88.3 cm³/mol. The van der Waals surface area contributed by atoms with Gasteiger partial charge in [-0.2, -0.15) is 0 Å². The number of pyridine rings is 1. The molecule has 22 heavy (non-hydrogen) atoms. The Morgan fingerprint density at radius 3 is 2.68 bits per heavy atom. The lowest BCUT2D eigenvalue weighted by atomic mass is 9.90. The number of carbonyl (C=O) groups is 1. The Kier molecular flexibility index (Phi) is 4.64. The van der Waals surface area contributed by atoms with Crippen LogP contribution in [-0.2, 0) is 6.42 Å². The van der Waals surface area contributed by atoms with Gasteiger partial charge in [0.15, 0.2) is 5.78 Å². The molecule has 2 aromatic rings. The fourth-order valence-corrected chi connectivity index (χ4v) is 2.96. The number of Topliss-reactive ketones (excluding diaryl/α,β-unsaturated/α-hetero) is 1. The third kappa shape index (κ3) is 3.60. The standard InChI is InChI=1S/C19H22N2O/c1-14-4-7-18(13-21-14)19(22)11-15-5-8-16(9-6-15)17-3-2-10-20-12-17/h4-9,13,17,20H,2-3,10-12H2,1H3/t17-/m1/s1. The predicted octanol–water partition coefficient (Wildman–Crippen LogP) is 3.28. The summed E-state index contributed by atoms with van der Waals surface area (Å²) in [6, 6.07) is 12.3. The topological polar surface area (TPSA) is 42.0 Å². The maximum Gasteiger partial charge on any atom is 0.168 e. The van der Waals surface area contributed by atoms with E-state index in [-0.39, 0.29) is 5.78 Å². The van der Waals surface area contributed by atoms with Crippen LogP contribution in [0.4, 0.5) is 0 Å². The molecule has 1 atom stereocenters. The molecule has 0 spiro atoms. The molecule has 114 valence electrons. The van der Waals surface area contributed by atoms with Gasteiger partial charge in [-0.1, -0.05) is 24.3 Å². The lowest BCUT2D eigenvalue weighted by Gasteiger charge is -2.23. The zero-order valence-electron chi connectivity index (χ0n) is 13.0. The van der Waals surface area contributed by atoms with Gasteiger partial charge in [0.25, 0.3) is 0 Å². The third-order valence-electron chi connectivity index (χ3n) is 4.35. The van der Waals surface area contributed by atoms with Gasteiger partial charge in [0.05, 0.1) is 0 Å². The molecule has 1 saturated heterocycles. The fraction of sp³-hybridized carbons (Fsp3) is 0.368. The Bertz CT molecular complexity index is 625. The second-order valence-electron chi connectivity index (χ2n) is 6.07. The van der Waals surface area contributed by atoms with Crippen LogP contribution in [0.2, 0.25) is 0 Å². The number of hydrogen-bond donors (Lipinski definition) is 1. The molecule has 1 aliphatic heterocycles. The summed E-state index contributed by atoms with van der Waals surface area (Å²) >= 11 is 0. The van der Waals surface area contributed by atoms with Gasteiger partial charge in [0, 0.05) is 30.4 Å². The van der Waals surface area contributed by atoms with Crippen molar-refractivity contribution in [3.63, 3.8) is 0 Å². The van der Waals surface area contributed by atoms with Gasteiger partial charge >= 0.3 is 0 Å².